The van der Waals surface area contributed by atoms with Gasteiger partial charge in [-0.25, -0.2) is 4.39 Å². The SMILES string of the molecule is CC1CN(CCCCO)CC(c2ccc(F)cc2)O1. The summed E-state index contributed by atoms with van der Waals surface area (Å²) in [7, 11) is 0. The number of hydrogen-bond donors (Lipinski definition) is 1. The number of aliphatic hydroxyl groups excluding tert-OH is 1. The average Bonchev–Trinajstić information content (AvgIpc) is 2.39. The number of morpholine rings is 1. The fraction of sp³-hybridized carbons (Fsp3) is 0.600. The lowest BCUT2D eigenvalue weighted by Crippen LogP contribution is -2.43. The average molecular weight is 267 g/mol. The van der Waals surface area contributed by atoms with E-state index in [-0.39, 0.29) is 24.6 Å². The molecule has 0 spiro atoms. The maximum absolute atomic E-state index is 12.9. The number of unbranched alkanes of at least 4 members (excludes halogenated alkanes) is 1. The van der Waals surface area contributed by atoms with Gasteiger partial charge in [-0.3, -0.25) is 4.90 Å². The highest BCUT2D eigenvalue weighted by atomic mass is 19.1. The highest BCUT2D eigenvalue weighted by molar-refractivity contribution is 5.19. The molecule has 0 radical (unpaired) electrons. The molecule has 3 nitrogen and oxygen atoms in total. The van der Waals surface area contributed by atoms with Crippen LogP contribution in [0, 0.1) is 5.82 Å². The molecule has 1 saturated heterocycles. The minimum absolute atomic E-state index is 0.0125. The number of halogens is 1. The lowest BCUT2D eigenvalue weighted by molar-refractivity contribution is -0.0792. The fourth-order valence-corrected chi connectivity index (χ4v) is 2.53. The van der Waals surface area contributed by atoms with Crippen LogP contribution in [0.25, 0.3) is 0 Å². The zero-order valence-electron chi connectivity index (χ0n) is 11.4. The highest BCUT2D eigenvalue weighted by Crippen LogP contribution is 2.25. The van der Waals surface area contributed by atoms with Crippen LogP contribution in [-0.4, -0.2) is 42.4 Å². The third-order valence-electron chi connectivity index (χ3n) is 3.46. The smallest absolute Gasteiger partial charge is 0.123 e. The number of rotatable bonds is 5. The third-order valence-corrected chi connectivity index (χ3v) is 3.46. The summed E-state index contributed by atoms with van der Waals surface area (Å²) < 4.78 is 18.9. The predicted octanol–water partition coefficient (Wildman–Crippen LogP) is 2.36. The molecule has 0 aromatic heterocycles. The van der Waals surface area contributed by atoms with Crippen LogP contribution in [0.2, 0.25) is 0 Å². The first-order chi connectivity index (χ1) is 9.19. The van der Waals surface area contributed by atoms with Crippen LogP contribution >= 0.6 is 0 Å². The number of nitrogens with zero attached hydrogens (tertiary/aromatic N) is 1. The molecular weight excluding hydrogens is 245 g/mol. The number of benzene rings is 1. The molecule has 1 aromatic rings. The van der Waals surface area contributed by atoms with E-state index >= 15 is 0 Å². The number of aliphatic hydroxyl groups is 1. The number of ether oxygens (including phenoxy) is 1. The molecule has 1 N–H and O–H groups in total. The van der Waals surface area contributed by atoms with E-state index in [0.717, 1.165) is 38.0 Å². The Morgan fingerprint density at radius 1 is 1.26 bits per heavy atom. The van der Waals surface area contributed by atoms with Gasteiger partial charge in [0.25, 0.3) is 0 Å². The van der Waals surface area contributed by atoms with Gasteiger partial charge in [-0.1, -0.05) is 12.1 Å². The Morgan fingerprint density at radius 2 is 2.00 bits per heavy atom. The van der Waals surface area contributed by atoms with E-state index in [9.17, 15) is 4.39 Å². The first-order valence-electron chi connectivity index (χ1n) is 6.93. The zero-order chi connectivity index (χ0) is 13.7. The Kier molecular flexibility index (Phi) is 5.31. The topological polar surface area (TPSA) is 32.7 Å². The normalized spacial score (nSPS) is 24.6. The molecule has 4 heteroatoms. The van der Waals surface area contributed by atoms with Gasteiger partial charge in [0.1, 0.15) is 5.82 Å². The molecule has 19 heavy (non-hydrogen) atoms. The van der Waals surface area contributed by atoms with Crippen molar-refractivity contribution >= 4 is 0 Å². The largest absolute Gasteiger partial charge is 0.396 e. The van der Waals surface area contributed by atoms with Crippen LogP contribution in [0.15, 0.2) is 24.3 Å². The molecule has 1 aliphatic heterocycles. The fourth-order valence-electron chi connectivity index (χ4n) is 2.53. The van der Waals surface area contributed by atoms with E-state index in [0.29, 0.717) is 0 Å². The van der Waals surface area contributed by atoms with Gasteiger partial charge in [0.2, 0.25) is 0 Å². The molecular formula is C15H22FNO2. The minimum Gasteiger partial charge on any atom is -0.396 e. The molecule has 106 valence electrons. The van der Waals surface area contributed by atoms with Crippen molar-refractivity contribution in [3.8, 4) is 0 Å². The second-order valence-corrected chi connectivity index (χ2v) is 5.18. The van der Waals surface area contributed by atoms with Crippen molar-refractivity contribution < 1.29 is 14.2 Å². The lowest BCUT2D eigenvalue weighted by atomic mass is 10.1. The summed E-state index contributed by atoms with van der Waals surface area (Å²) in [6, 6.07) is 6.55. The van der Waals surface area contributed by atoms with Crippen LogP contribution < -0.4 is 0 Å². The summed E-state index contributed by atoms with van der Waals surface area (Å²) in [6.07, 6.45) is 2.03. The summed E-state index contributed by atoms with van der Waals surface area (Å²) in [4.78, 5) is 2.36. The predicted molar refractivity (Wildman–Crippen MR) is 72.4 cm³/mol. The van der Waals surface area contributed by atoms with E-state index in [1.807, 2.05) is 0 Å². The van der Waals surface area contributed by atoms with Crippen LogP contribution in [0.3, 0.4) is 0 Å². The molecule has 1 heterocycles. The Labute approximate surface area is 114 Å². The molecule has 1 aromatic carbocycles. The molecule has 2 unspecified atom stereocenters. The van der Waals surface area contributed by atoms with Gasteiger partial charge in [-0.05, 0) is 44.0 Å². The first kappa shape index (κ1) is 14.4. The minimum atomic E-state index is -0.215. The van der Waals surface area contributed by atoms with Crippen LogP contribution in [0.4, 0.5) is 4.39 Å². The van der Waals surface area contributed by atoms with Gasteiger partial charge < -0.3 is 9.84 Å². The van der Waals surface area contributed by atoms with Crippen molar-refractivity contribution in [2.24, 2.45) is 0 Å². The van der Waals surface area contributed by atoms with Crippen molar-refractivity contribution in [1.82, 2.24) is 4.90 Å². The molecule has 2 rings (SSSR count). The highest BCUT2D eigenvalue weighted by Gasteiger charge is 2.25. The molecule has 2 atom stereocenters. The standard InChI is InChI=1S/C15H22FNO2/c1-12-10-17(8-2-3-9-18)11-15(19-12)13-4-6-14(16)7-5-13/h4-7,12,15,18H,2-3,8-11H2,1H3. The lowest BCUT2D eigenvalue weighted by Gasteiger charge is -2.37. The van der Waals surface area contributed by atoms with Crippen molar-refractivity contribution in [3.05, 3.63) is 35.6 Å². The third kappa shape index (κ3) is 4.27. The van der Waals surface area contributed by atoms with E-state index in [4.69, 9.17) is 9.84 Å². The van der Waals surface area contributed by atoms with E-state index in [1.165, 1.54) is 12.1 Å². The molecule has 0 aliphatic carbocycles. The second-order valence-electron chi connectivity index (χ2n) is 5.18. The summed E-state index contributed by atoms with van der Waals surface area (Å²) in [6.45, 7) is 5.05. The zero-order valence-corrected chi connectivity index (χ0v) is 11.4. The second kappa shape index (κ2) is 6.98. The van der Waals surface area contributed by atoms with Gasteiger partial charge in [-0.15, -0.1) is 0 Å². The Morgan fingerprint density at radius 3 is 2.68 bits per heavy atom. The van der Waals surface area contributed by atoms with Gasteiger partial charge in [0.05, 0.1) is 12.2 Å². The number of hydrogen-bond acceptors (Lipinski definition) is 3. The summed E-state index contributed by atoms with van der Waals surface area (Å²) in [5.41, 5.74) is 1.03. The maximum atomic E-state index is 12.9. The van der Waals surface area contributed by atoms with E-state index in [1.54, 1.807) is 12.1 Å². The van der Waals surface area contributed by atoms with Gasteiger partial charge in [0.15, 0.2) is 0 Å². The quantitative estimate of drug-likeness (QED) is 0.831. The Bertz CT molecular complexity index is 382. The molecule has 0 saturated carbocycles. The van der Waals surface area contributed by atoms with Crippen LogP contribution in [0.5, 0.6) is 0 Å². The summed E-state index contributed by atoms with van der Waals surface area (Å²) in [5.74, 6) is -0.215. The molecule has 1 aliphatic rings. The van der Waals surface area contributed by atoms with Gasteiger partial charge in [-0.2, -0.15) is 0 Å². The summed E-state index contributed by atoms with van der Waals surface area (Å²) in [5, 5.41) is 8.82. The van der Waals surface area contributed by atoms with Crippen LogP contribution in [0.1, 0.15) is 31.4 Å². The van der Waals surface area contributed by atoms with Crippen molar-refractivity contribution in [2.75, 3.05) is 26.2 Å². The van der Waals surface area contributed by atoms with Gasteiger partial charge >= 0.3 is 0 Å². The van der Waals surface area contributed by atoms with E-state index < -0.39 is 0 Å². The van der Waals surface area contributed by atoms with Crippen molar-refractivity contribution in [3.63, 3.8) is 0 Å². The molecule has 1 fully saturated rings. The van der Waals surface area contributed by atoms with E-state index in [2.05, 4.69) is 11.8 Å². The first-order valence-corrected chi connectivity index (χ1v) is 6.93. The monoisotopic (exact) mass is 267 g/mol. The van der Waals surface area contributed by atoms with Crippen molar-refractivity contribution in [2.45, 2.75) is 32.0 Å². The summed E-state index contributed by atoms with van der Waals surface area (Å²) >= 11 is 0. The van der Waals surface area contributed by atoms with Gasteiger partial charge in [0, 0.05) is 19.7 Å². The Hall–Kier alpha value is -0.970. The van der Waals surface area contributed by atoms with Crippen molar-refractivity contribution in [1.29, 1.82) is 0 Å². The molecule has 0 bridgehead atoms. The maximum Gasteiger partial charge on any atom is 0.123 e. The molecule has 0 amide bonds. The van der Waals surface area contributed by atoms with Crippen LogP contribution in [-0.2, 0) is 4.74 Å². The Balaban J connectivity index is 1.95.